The Kier molecular flexibility index (Phi) is 2.76. The molecule has 5 heterocycles. The topological polar surface area (TPSA) is 81.5 Å². The molecule has 0 amide bonds. The van der Waals surface area contributed by atoms with Crippen LogP contribution in [0.25, 0.3) is 0 Å². The van der Waals surface area contributed by atoms with E-state index in [4.69, 9.17) is 0 Å². The van der Waals surface area contributed by atoms with Crippen molar-refractivity contribution in [1.82, 2.24) is 20.4 Å². The molecule has 2 aliphatic heterocycles. The molecule has 6 nitrogen and oxygen atoms in total. The van der Waals surface area contributed by atoms with Crippen LogP contribution in [-0.4, -0.2) is 25.5 Å². The summed E-state index contributed by atoms with van der Waals surface area (Å²) in [6.45, 7) is 0. The number of phenolic OH excluding ortho intramolecular Hbond substituents is 1. The zero-order chi connectivity index (χ0) is 18.0. The lowest BCUT2D eigenvalue weighted by Crippen LogP contribution is -2.60. The Morgan fingerprint density at radius 1 is 0.963 bits per heavy atom. The number of hydrogen-bond acceptors (Lipinski definition) is 3. The highest BCUT2D eigenvalue weighted by molar-refractivity contribution is 5.53. The Morgan fingerprint density at radius 2 is 1.74 bits per heavy atom. The smallest absolute Gasteiger partial charge is 0.190 e. The van der Waals surface area contributed by atoms with Gasteiger partial charge >= 0.3 is 0 Å². The molecule has 2 unspecified atom stereocenters. The van der Waals surface area contributed by atoms with Crippen molar-refractivity contribution in [2.24, 2.45) is 0 Å². The van der Waals surface area contributed by atoms with E-state index >= 15 is 0 Å². The van der Waals surface area contributed by atoms with Crippen LogP contribution in [0.3, 0.4) is 0 Å². The Bertz CT molecular complexity index is 1100. The molecule has 0 spiro atoms. The normalized spacial score (nSPS) is 21.6. The van der Waals surface area contributed by atoms with Gasteiger partial charge in [-0.25, -0.2) is 0 Å². The van der Waals surface area contributed by atoms with Crippen LogP contribution < -0.4 is 4.57 Å². The molecule has 2 bridgehead atoms. The van der Waals surface area contributed by atoms with Gasteiger partial charge in [0.25, 0.3) is 0 Å². The lowest BCUT2D eigenvalue weighted by atomic mass is 9.55. The number of nitrogens with zero attached hydrogens (tertiary/aromatic N) is 3. The number of phenols is 1. The Morgan fingerprint density at radius 3 is 2.44 bits per heavy atom. The molecule has 27 heavy (non-hydrogen) atoms. The average Bonchev–Trinajstić information content (AvgIpc) is 3.42. The zero-order valence-electron chi connectivity index (χ0n) is 14.5. The van der Waals surface area contributed by atoms with Crippen molar-refractivity contribution in [3.8, 4) is 5.75 Å². The fraction of sp³-hybridized carbons (Fsp3) is 0.190. The monoisotopic (exact) mass is 356 g/mol. The second-order valence-corrected chi connectivity index (χ2v) is 7.41. The van der Waals surface area contributed by atoms with Gasteiger partial charge in [0, 0.05) is 47.9 Å². The first-order valence-electron chi connectivity index (χ1n) is 9.11. The number of fused-ring (bicyclic) bond motifs is 1. The second kappa shape index (κ2) is 5.07. The van der Waals surface area contributed by atoms with Crippen LogP contribution in [0.15, 0.2) is 67.1 Å². The molecule has 132 valence electrons. The van der Waals surface area contributed by atoms with Gasteiger partial charge in [0.15, 0.2) is 17.9 Å². The summed E-state index contributed by atoms with van der Waals surface area (Å²) in [5.74, 6) is 0.332. The third kappa shape index (κ3) is 1.77. The van der Waals surface area contributed by atoms with Crippen molar-refractivity contribution >= 4 is 0 Å². The standard InChI is InChI=1S/C21H17N5O/c27-13-4-5-14-15(11-13)20-16-3-1-2-10-26(16)17(14)12-21(20,18-6-8-22-24-18)19-7-9-23-25-19/h1-11,17,20H,12H2,(H2-,22,23,24,25,27)/p+1. The maximum atomic E-state index is 10.2. The van der Waals surface area contributed by atoms with Crippen molar-refractivity contribution in [2.45, 2.75) is 23.8 Å². The Labute approximate surface area is 155 Å². The van der Waals surface area contributed by atoms with E-state index in [1.807, 2.05) is 6.07 Å². The maximum Gasteiger partial charge on any atom is 0.190 e. The Balaban J connectivity index is 1.73. The number of aromatic hydroxyl groups is 1. The molecular formula is C21H18N5O+. The molecule has 0 saturated carbocycles. The summed E-state index contributed by atoms with van der Waals surface area (Å²) in [6, 6.07) is 16.4. The molecule has 3 N–H and O–H groups in total. The third-order valence-electron chi connectivity index (χ3n) is 6.27. The van der Waals surface area contributed by atoms with Crippen molar-refractivity contribution in [3.63, 3.8) is 0 Å². The highest BCUT2D eigenvalue weighted by Crippen LogP contribution is 2.58. The van der Waals surface area contributed by atoms with Gasteiger partial charge in [-0.1, -0.05) is 6.07 Å². The molecule has 2 atom stereocenters. The third-order valence-corrected chi connectivity index (χ3v) is 6.27. The van der Waals surface area contributed by atoms with Gasteiger partial charge in [-0.3, -0.25) is 10.2 Å². The molecule has 1 aromatic carbocycles. The molecule has 0 fully saturated rings. The van der Waals surface area contributed by atoms with Gasteiger partial charge in [0.05, 0.1) is 11.3 Å². The van der Waals surface area contributed by atoms with Crippen LogP contribution in [0.4, 0.5) is 0 Å². The second-order valence-electron chi connectivity index (χ2n) is 7.41. The largest absolute Gasteiger partial charge is 0.508 e. The van der Waals surface area contributed by atoms with E-state index in [2.05, 4.69) is 67.6 Å². The molecule has 3 aromatic heterocycles. The SMILES string of the molecule is Oc1ccc2c(c1)C1c3cccc[n+]3C2CC1(c1ccn[nH]1)c1ccn[nH]1. The van der Waals surface area contributed by atoms with Gasteiger partial charge in [0.2, 0.25) is 0 Å². The molecule has 1 aliphatic carbocycles. The van der Waals surface area contributed by atoms with E-state index in [0.717, 1.165) is 17.8 Å². The van der Waals surface area contributed by atoms with Crippen molar-refractivity contribution < 1.29 is 9.67 Å². The molecular weight excluding hydrogens is 338 g/mol. The predicted octanol–water partition coefficient (Wildman–Crippen LogP) is 2.55. The molecule has 4 aromatic rings. The summed E-state index contributed by atoms with van der Waals surface area (Å²) in [5, 5.41) is 25.2. The van der Waals surface area contributed by atoms with E-state index < -0.39 is 0 Å². The number of benzene rings is 1. The van der Waals surface area contributed by atoms with E-state index in [0.29, 0.717) is 5.75 Å². The van der Waals surface area contributed by atoms with E-state index in [-0.39, 0.29) is 17.4 Å². The van der Waals surface area contributed by atoms with Crippen molar-refractivity contribution in [3.05, 3.63) is 95.3 Å². The lowest BCUT2D eigenvalue weighted by Gasteiger charge is -2.48. The molecule has 7 rings (SSSR count). The first-order valence-corrected chi connectivity index (χ1v) is 9.11. The van der Waals surface area contributed by atoms with Gasteiger partial charge in [-0.05, 0) is 35.9 Å². The number of hydrogen-bond donors (Lipinski definition) is 3. The van der Waals surface area contributed by atoms with E-state index in [9.17, 15) is 5.11 Å². The van der Waals surface area contributed by atoms with Crippen LogP contribution in [0.1, 0.15) is 46.6 Å². The summed E-state index contributed by atoms with van der Waals surface area (Å²) in [6.07, 6.45) is 6.66. The molecule has 0 saturated heterocycles. The minimum absolute atomic E-state index is 0.0340. The maximum absolute atomic E-state index is 10.2. The number of aromatic nitrogens is 5. The summed E-state index contributed by atoms with van der Waals surface area (Å²) < 4.78 is 2.37. The zero-order valence-corrected chi connectivity index (χ0v) is 14.5. The molecule has 6 heteroatoms. The summed E-state index contributed by atoms with van der Waals surface area (Å²) >= 11 is 0. The summed E-state index contributed by atoms with van der Waals surface area (Å²) in [7, 11) is 0. The summed E-state index contributed by atoms with van der Waals surface area (Å²) in [4.78, 5) is 0. The van der Waals surface area contributed by atoms with Gasteiger partial charge in [-0.15, -0.1) is 0 Å². The van der Waals surface area contributed by atoms with Gasteiger partial charge in [-0.2, -0.15) is 14.8 Å². The highest BCUT2D eigenvalue weighted by atomic mass is 16.3. The highest BCUT2D eigenvalue weighted by Gasteiger charge is 2.60. The van der Waals surface area contributed by atoms with Crippen molar-refractivity contribution in [2.75, 3.05) is 0 Å². The van der Waals surface area contributed by atoms with Crippen LogP contribution >= 0.6 is 0 Å². The van der Waals surface area contributed by atoms with Gasteiger partial charge < -0.3 is 5.11 Å². The fourth-order valence-corrected chi connectivity index (χ4v) is 5.26. The molecule has 0 radical (unpaired) electrons. The minimum Gasteiger partial charge on any atom is -0.508 e. The lowest BCUT2D eigenvalue weighted by molar-refractivity contribution is -0.732. The van der Waals surface area contributed by atoms with Crippen LogP contribution in [-0.2, 0) is 5.41 Å². The quantitative estimate of drug-likeness (QED) is 0.483. The predicted molar refractivity (Wildman–Crippen MR) is 97.3 cm³/mol. The fourth-order valence-electron chi connectivity index (χ4n) is 5.26. The average molecular weight is 356 g/mol. The van der Waals surface area contributed by atoms with Crippen LogP contribution in [0.2, 0.25) is 0 Å². The number of H-pyrrole nitrogens is 2. The van der Waals surface area contributed by atoms with E-state index in [1.165, 1.54) is 16.8 Å². The summed E-state index contributed by atoms with van der Waals surface area (Å²) in [5.41, 5.74) is 5.45. The first kappa shape index (κ1) is 14.7. The van der Waals surface area contributed by atoms with Crippen LogP contribution in [0, 0.1) is 0 Å². The van der Waals surface area contributed by atoms with Gasteiger partial charge in [0.1, 0.15) is 5.75 Å². The Hall–Kier alpha value is -3.41. The van der Waals surface area contributed by atoms with E-state index in [1.54, 1.807) is 18.5 Å². The number of rotatable bonds is 2. The van der Waals surface area contributed by atoms with Crippen molar-refractivity contribution in [1.29, 1.82) is 0 Å². The number of nitrogens with one attached hydrogen (secondary N) is 2. The number of aromatic amines is 2. The minimum atomic E-state index is -0.347. The number of pyridine rings is 1. The van der Waals surface area contributed by atoms with Crippen LogP contribution in [0.5, 0.6) is 5.75 Å². The molecule has 3 aliphatic rings. The first-order chi connectivity index (χ1) is 13.3.